The van der Waals surface area contributed by atoms with Crippen LogP contribution in [-0.4, -0.2) is 37.2 Å². The van der Waals surface area contributed by atoms with Crippen LogP contribution < -0.4 is 0 Å². The number of allylic oxidation sites excluding steroid dienone is 16. The highest BCUT2D eigenvalue weighted by atomic mass is 16.6. The second-order valence-corrected chi connectivity index (χ2v) is 22.3. The van der Waals surface area contributed by atoms with Crippen LogP contribution in [0.1, 0.15) is 329 Å². The Morgan fingerprint density at radius 2 is 0.494 bits per heavy atom. The van der Waals surface area contributed by atoms with Crippen LogP contribution in [0.3, 0.4) is 0 Å². The minimum Gasteiger partial charge on any atom is -0.462 e. The van der Waals surface area contributed by atoms with E-state index < -0.39 is 6.10 Å². The van der Waals surface area contributed by atoms with Crippen molar-refractivity contribution in [1.82, 2.24) is 0 Å². The Balaban J connectivity index is 4.05. The highest BCUT2D eigenvalue weighted by molar-refractivity contribution is 5.71. The van der Waals surface area contributed by atoms with E-state index in [1.54, 1.807) is 0 Å². The van der Waals surface area contributed by atoms with E-state index in [1.165, 1.54) is 167 Å². The second-order valence-electron chi connectivity index (χ2n) is 22.3. The topological polar surface area (TPSA) is 78.9 Å². The molecule has 0 aliphatic carbocycles. The molecule has 79 heavy (non-hydrogen) atoms. The molecule has 0 aromatic heterocycles. The summed E-state index contributed by atoms with van der Waals surface area (Å²) in [7, 11) is 0. The Kier molecular flexibility index (Phi) is 63.7. The lowest BCUT2D eigenvalue weighted by atomic mass is 10.0. The number of unbranched alkanes of at least 4 members (excludes halogenated alkanes) is 34. The first-order chi connectivity index (χ1) is 39.0. The van der Waals surface area contributed by atoms with Gasteiger partial charge >= 0.3 is 17.9 Å². The number of rotatable bonds is 61. The highest BCUT2D eigenvalue weighted by Crippen LogP contribution is 2.17. The third kappa shape index (κ3) is 65.0. The van der Waals surface area contributed by atoms with E-state index in [4.69, 9.17) is 14.2 Å². The molecule has 0 fully saturated rings. The standard InChI is InChI=1S/C73H126O6/c1-4-7-10-13-16-19-21-23-25-27-28-29-30-31-32-33-34-35-36-37-38-39-40-41-42-43-44-46-47-49-51-54-57-60-63-66-72(75)78-69-70(68-77-71(74)65-62-59-56-53-18-15-12-9-6-3)79-73(76)67-64-61-58-55-52-50-48-45-26-24-22-20-17-14-11-8-5-2/h7-8,10-11,16-17,19-20,23-26,28-29,48,50,70H,4-6,9,12-15,18,21-22,27,30-47,49,51-69H2,1-3H3/b10-7-,11-8-,19-16-,20-17-,25-23-,26-24-,29-28-,50-48-. The summed E-state index contributed by atoms with van der Waals surface area (Å²) in [5.74, 6) is -0.896. The summed E-state index contributed by atoms with van der Waals surface area (Å²) in [5, 5.41) is 0. The molecule has 454 valence electrons. The summed E-state index contributed by atoms with van der Waals surface area (Å²) in [6, 6.07) is 0. The molecule has 1 unspecified atom stereocenters. The molecule has 1 atom stereocenters. The number of esters is 3. The van der Waals surface area contributed by atoms with Crippen molar-refractivity contribution in [2.45, 2.75) is 335 Å². The van der Waals surface area contributed by atoms with E-state index in [9.17, 15) is 14.4 Å². The second kappa shape index (κ2) is 66.8. The molecule has 0 radical (unpaired) electrons. The van der Waals surface area contributed by atoms with Crippen molar-refractivity contribution >= 4 is 17.9 Å². The van der Waals surface area contributed by atoms with Gasteiger partial charge < -0.3 is 14.2 Å². The third-order valence-corrected chi connectivity index (χ3v) is 14.6. The van der Waals surface area contributed by atoms with Crippen molar-refractivity contribution in [3.05, 3.63) is 97.2 Å². The molecule has 0 aliphatic heterocycles. The van der Waals surface area contributed by atoms with Crippen molar-refractivity contribution < 1.29 is 28.6 Å². The Labute approximate surface area is 489 Å². The molecule has 0 saturated heterocycles. The summed E-state index contributed by atoms with van der Waals surface area (Å²) in [6.45, 7) is 6.40. The third-order valence-electron chi connectivity index (χ3n) is 14.6. The predicted molar refractivity (Wildman–Crippen MR) is 344 cm³/mol. The molecule has 0 aromatic rings. The van der Waals surface area contributed by atoms with Gasteiger partial charge in [-0.3, -0.25) is 14.4 Å². The normalized spacial score (nSPS) is 12.7. The number of hydrogen-bond acceptors (Lipinski definition) is 6. The van der Waals surface area contributed by atoms with Crippen LogP contribution in [0.15, 0.2) is 97.2 Å². The SMILES string of the molecule is CC/C=C\C/C=C\C/C=C\C/C=C\CCCCCCCCCCCCCCCCCCCCCCCCC(=O)OCC(COC(=O)CCCCCCCCCCC)OC(=O)CCCCCC/C=C\C/C=C\C/C=C\C/C=C\CC. The molecule has 0 amide bonds. The zero-order valence-electron chi connectivity index (χ0n) is 52.1. The Morgan fingerprint density at radius 1 is 0.266 bits per heavy atom. The summed E-state index contributed by atoms with van der Waals surface area (Å²) in [4.78, 5) is 38.2. The monoisotopic (exact) mass is 1100 g/mol. The molecular weight excluding hydrogens is 973 g/mol. The minimum absolute atomic E-state index is 0.0827. The maximum absolute atomic E-state index is 12.9. The van der Waals surface area contributed by atoms with Gasteiger partial charge in [0.1, 0.15) is 13.2 Å². The molecular formula is C73H126O6. The Morgan fingerprint density at radius 3 is 0.772 bits per heavy atom. The average molecular weight is 1100 g/mol. The lowest BCUT2D eigenvalue weighted by molar-refractivity contribution is -0.167. The minimum atomic E-state index is -0.786. The van der Waals surface area contributed by atoms with Crippen LogP contribution in [-0.2, 0) is 28.6 Å². The zero-order valence-corrected chi connectivity index (χ0v) is 52.1. The molecule has 0 aromatic carbocycles. The van der Waals surface area contributed by atoms with Gasteiger partial charge in [0.15, 0.2) is 6.10 Å². The van der Waals surface area contributed by atoms with Gasteiger partial charge in [0.25, 0.3) is 0 Å². The average Bonchev–Trinajstić information content (AvgIpc) is 3.45. The van der Waals surface area contributed by atoms with Crippen LogP contribution in [0.2, 0.25) is 0 Å². The Hall–Kier alpha value is -3.67. The van der Waals surface area contributed by atoms with Crippen molar-refractivity contribution in [2.24, 2.45) is 0 Å². The number of carbonyl (C=O) groups is 3. The van der Waals surface area contributed by atoms with Gasteiger partial charge in [-0.1, -0.05) is 311 Å². The van der Waals surface area contributed by atoms with Gasteiger partial charge in [-0.05, 0) is 96.3 Å². The van der Waals surface area contributed by atoms with Gasteiger partial charge in [-0.15, -0.1) is 0 Å². The van der Waals surface area contributed by atoms with Gasteiger partial charge in [0.05, 0.1) is 0 Å². The van der Waals surface area contributed by atoms with E-state index >= 15 is 0 Å². The molecule has 0 N–H and O–H groups in total. The van der Waals surface area contributed by atoms with Crippen LogP contribution in [0, 0.1) is 0 Å². The smallest absolute Gasteiger partial charge is 0.306 e. The first-order valence-electron chi connectivity index (χ1n) is 33.7. The van der Waals surface area contributed by atoms with Crippen LogP contribution >= 0.6 is 0 Å². The van der Waals surface area contributed by atoms with Gasteiger partial charge in [0, 0.05) is 19.3 Å². The van der Waals surface area contributed by atoms with Gasteiger partial charge in [0.2, 0.25) is 0 Å². The first-order valence-corrected chi connectivity index (χ1v) is 33.7. The fraction of sp³-hybridized carbons (Fsp3) is 0.740. The van der Waals surface area contributed by atoms with E-state index in [0.717, 1.165) is 122 Å². The number of ether oxygens (including phenoxy) is 3. The van der Waals surface area contributed by atoms with Gasteiger partial charge in [-0.2, -0.15) is 0 Å². The maximum Gasteiger partial charge on any atom is 0.306 e. The summed E-state index contributed by atoms with van der Waals surface area (Å²) >= 11 is 0. The molecule has 0 spiro atoms. The lowest BCUT2D eigenvalue weighted by Gasteiger charge is -2.18. The quantitative estimate of drug-likeness (QED) is 0.0261. The van der Waals surface area contributed by atoms with Crippen LogP contribution in [0.25, 0.3) is 0 Å². The molecule has 0 aliphatic rings. The molecule has 0 saturated carbocycles. The summed E-state index contributed by atoms with van der Waals surface area (Å²) < 4.78 is 16.9. The van der Waals surface area contributed by atoms with E-state index in [0.29, 0.717) is 19.3 Å². The fourth-order valence-electron chi connectivity index (χ4n) is 9.60. The largest absolute Gasteiger partial charge is 0.462 e. The summed E-state index contributed by atoms with van der Waals surface area (Å²) in [6.07, 6.45) is 90.3. The fourth-order valence-corrected chi connectivity index (χ4v) is 9.60. The summed E-state index contributed by atoms with van der Waals surface area (Å²) in [5.41, 5.74) is 0. The zero-order chi connectivity index (χ0) is 57.1. The first kappa shape index (κ1) is 75.3. The molecule has 0 bridgehead atoms. The number of hydrogen-bond donors (Lipinski definition) is 0. The molecule has 6 nitrogen and oxygen atoms in total. The molecule has 0 heterocycles. The van der Waals surface area contributed by atoms with Crippen molar-refractivity contribution in [1.29, 1.82) is 0 Å². The van der Waals surface area contributed by atoms with Crippen molar-refractivity contribution in [2.75, 3.05) is 13.2 Å². The van der Waals surface area contributed by atoms with Crippen LogP contribution in [0.4, 0.5) is 0 Å². The lowest BCUT2D eigenvalue weighted by Crippen LogP contribution is -2.30. The molecule has 0 rings (SSSR count). The number of carbonyl (C=O) groups excluding carboxylic acids is 3. The maximum atomic E-state index is 12.9. The Bertz CT molecular complexity index is 1540. The predicted octanol–water partition coefficient (Wildman–Crippen LogP) is 23.2. The van der Waals surface area contributed by atoms with E-state index in [1.807, 2.05) is 0 Å². The van der Waals surface area contributed by atoms with Crippen molar-refractivity contribution in [3.8, 4) is 0 Å². The van der Waals surface area contributed by atoms with Crippen LogP contribution in [0.5, 0.6) is 0 Å². The molecule has 6 heteroatoms. The highest BCUT2D eigenvalue weighted by Gasteiger charge is 2.19. The van der Waals surface area contributed by atoms with E-state index in [2.05, 4.69) is 118 Å². The van der Waals surface area contributed by atoms with Gasteiger partial charge in [-0.25, -0.2) is 0 Å². The van der Waals surface area contributed by atoms with E-state index in [-0.39, 0.29) is 31.1 Å². The van der Waals surface area contributed by atoms with Crippen molar-refractivity contribution in [3.63, 3.8) is 0 Å².